The van der Waals surface area contributed by atoms with Crippen molar-refractivity contribution in [1.82, 2.24) is 0 Å². The number of aliphatic hydroxyl groups excluding tert-OH is 2. The highest BCUT2D eigenvalue weighted by molar-refractivity contribution is 5.70. The van der Waals surface area contributed by atoms with Crippen LogP contribution in [-0.2, 0) is 30.8 Å². The van der Waals surface area contributed by atoms with Crippen LogP contribution in [0.1, 0.15) is 22.3 Å². The largest absolute Gasteiger partial charge is 0.481 e. The number of carbonyl (C=O) groups is 1. The summed E-state index contributed by atoms with van der Waals surface area (Å²) in [4.78, 5) is 11.5. The lowest BCUT2D eigenvalue weighted by atomic mass is 9.92. The van der Waals surface area contributed by atoms with Crippen molar-refractivity contribution in [2.24, 2.45) is 5.92 Å². The van der Waals surface area contributed by atoms with Crippen molar-refractivity contribution in [1.29, 1.82) is 0 Å². The van der Waals surface area contributed by atoms with Gasteiger partial charge >= 0.3 is 5.97 Å². The van der Waals surface area contributed by atoms with E-state index in [2.05, 4.69) is 0 Å². The molecule has 0 fully saturated rings. The minimum absolute atomic E-state index is 0.0140. The fourth-order valence-electron chi connectivity index (χ4n) is 2.38. The fourth-order valence-corrected chi connectivity index (χ4v) is 2.38. The summed E-state index contributed by atoms with van der Waals surface area (Å²) in [5, 5.41) is 27.5. The van der Waals surface area contributed by atoms with E-state index in [1.54, 1.807) is 0 Å². The lowest BCUT2D eigenvalue weighted by molar-refractivity contribution is -0.141. The Labute approximate surface area is 129 Å². The predicted octanol–water partition coefficient (Wildman–Crippen LogP) is 2.16. The van der Waals surface area contributed by atoms with Crippen LogP contribution in [0.15, 0.2) is 48.5 Å². The molecule has 0 aliphatic carbocycles. The van der Waals surface area contributed by atoms with Crippen LogP contribution >= 0.6 is 0 Å². The van der Waals surface area contributed by atoms with E-state index in [4.69, 9.17) is 10.2 Å². The van der Waals surface area contributed by atoms with Gasteiger partial charge in [-0.25, -0.2) is 0 Å². The number of hydrogen-bond acceptors (Lipinski definition) is 3. The molecule has 0 saturated carbocycles. The summed E-state index contributed by atoms with van der Waals surface area (Å²) < 4.78 is 0. The predicted molar refractivity (Wildman–Crippen MR) is 83.3 cm³/mol. The number of carboxylic acids is 1. The Morgan fingerprint density at radius 2 is 1.05 bits per heavy atom. The number of carboxylic acid groups (broad SMARTS) is 1. The molecule has 0 atom stereocenters. The molecule has 3 N–H and O–H groups in total. The van der Waals surface area contributed by atoms with Gasteiger partial charge in [0.05, 0.1) is 19.1 Å². The molecular formula is C18H20O4. The first kappa shape index (κ1) is 16.2. The van der Waals surface area contributed by atoms with Crippen LogP contribution in [0.2, 0.25) is 0 Å². The molecule has 0 saturated heterocycles. The van der Waals surface area contributed by atoms with Crippen molar-refractivity contribution in [3.8, 4) is 0 Å². The molecule has 2 aromatic carbocycles. The molecule has 0 spiro atoms. The first-order valence-corrected chi connectivity index (χ1v) is 7.22. The van der Waals surface area contributed by atoms with Crippen molar-refractivity contribution >= 4 is 5.97 Å². The maximum atomic E-state index is 11.5. The maximum Gasteiger partial charge on any atom is 0.307 e. The van der Waals surface area contributed by atoms with Gasteiger partial charge in [0, 0.05) is 0 Å². The summed E-state index contributed by atoms with van der Waals surface area (Å²) in [7, 11) is 0. The second-order valence-corrected chi connectivity index (χ2v) is 5.39. The van der Waals surface area contributed by atoms with E-state index in [9.17, 15) is 9.90 Å². The van der Waals surface area contributed by atoms with Crippen LogP contribution in [-0.4, -0.2) is 21.3 Å². The summed E-state index contributed by atoms with van der Waals surface area (Å²) in [6, 6.07) is 14.7. The highest BCUT2D eigenvalue weighted by atomic mass is 16.4. The lowest BCUT2D eigenvalue weighted by Crippen LogP contribution is -2.19. The first-order valence-electron chi connectivity index (χ1n) is 7.22. The Bertz CT molecular complexity index is 552. The van der Waals surface area contributed by atoms with Crippen LogP contribution in [0.25, 0.3) is 0 Å². The first-order chi connectivity index (χ1) is 10.6. The quantitative estimate of drug-likeness (QED) is 0.732. The van der Waals surface area contributed by atoms with Crippen molar-refractivity contribution in [3.05, 3.63) is 70.8 Å². The molecule has 0 amide bonds. The van der Waals surface area contributed by atoms with E-state index in [-0.39, 0.29) is 13.2 Å². The molecule has 0 heterocycles. The molecule has 0 aliphatic heterocycles. The molecule has 116 valence electrons. The standard InChI is InChI=1S/C18H20O4/c19-11-15-5-1-13(2-6-15)9-17(18(21)22)10-14-3-7-16(12-20)8-4-14/h1-8,17,19-20H,9-12H2,(H,21,22). The van der Waals surface area contributed by atoms with Crippen LogP contribution in [0, 0.1) is 5.92 Å². The van der Waals surface area contributed by atoms with Gasteiger partial charge in [0.2, 0.25) is 0 Å². The Balaban J connectivity index is 2.06. The van der Waals surface area contributed by atoms with E-state index in [1.807, 2.05) is 48.5 Å². The second kappa shape index (κ2) is 7.73. The number of rotatable bonds is 7. The average Bonchev–Trinajstić information content (AvgIpc) is 2.55. The van der Waals surface area contributed by atoms with Gasteiger partial charge in [-0.1, -0.05) is 48.5 Å². The van der Waals surface area contributed by atoms with Gasteiger partial charge in [-0.2, -0.15) is 0 Å². The monoisotopic (exact) mass is 300 g/mol. The zero-order valence-electron chi connectivity index (χ0n) is 12.3. The molecule has 4 nitrogen and oxygen atoms in total. The fraction of sp³-hybridized carbons (Fsp3) is 0.278. The minimum atomic E-state index is -0.822. The van der Waals surface area contributed by atoms with Crippen LogP contribution in [0.4, 0.5) is 0 Å². The molecular weight excluding hydrogens is 280 g/mol. The van der Waals surface area contributed by atoms with Gasteiger partial charge in [0.1, 0.15) is 0 Å². The van der Waals surface area contributed by atoms with Crippen LogP contribution in [0.3, 0.4) is 0 Å². The van der Waals surface area contributed by atoms with Gasteiger partial charge in [-0.3, -0.25) is 4.79 Å². The van der Waals surface area contributed by atoms with Gasteiger partial charge < -0.3 is 15.3 Å². The third-order valence-electron chi connectivity index (χ3n) is 3.72. The maximum absolute atomic E-state index is 11.5. The molecule has 0 radical (unpaired) electrons. The third-order valence-corrected chi connectivity index (χ3v) is 3.72. The van der Waals surface area contributed by atoms with Gasteiger partial charge in [-0.05, 0) is 35.1 Å². The number of aliphatic carboxylic acids is 1. The van der Waals surface area contributed by atoms with Crippen molar-refractivity contribution < 1.29 is 20.1 Å². The Kier molecular flexibility index (Phi) is 5.69. The lowest BCUT2D eigenvalue weighted by Gasteiger charge is -2.13. The van der Waals surface area contributed by atoms with Crippen molar-refractivity contribution in [2.75, 3.05) is 0 Å². The molecule has 0 aromatic heterocycles. The van der Waals surface area contributed by atoms with E-state index in [1.165, 1.54) is 0 Å². The molecule has 0 unspecified atom stereocenters. The number of hydrogen-bond donors (Lipinski definition) is 3. The highest BCUT2D eigenvalue weighted by Gasteiger charge is 2.18. The summed E-state index contributed by atoms with van der Waals surface area (Å²) in [6.07, 6.45) is 0.894. The number of aliphatic hydroxyl groups is 2. The minimum Gasteiger partial charge on any atom is -0.481 e. The van der Waals surface area contributed by atoms with E-state index in [0.29, 0.717) is 12.8 Å². The second-order valence-electron chi connectivity index (χ2n) is 5.39. The summed E-state index contributed by atoms with van der Waals surface area (Å²) in [6.45, 7) is -0.0281. The normalized spacial score (nSPS) is 10.9. The van der Waals surface area contributed by atoms with Gasteiger partial charge in [0.15, 0.2) is 0 Å². The molecule has 2 aromatic rings. The topological polar surface area (TPSA) is 77.8 Å². The average molecular weight is 300 g/mol. The Hall–Kier alpha value is -2.17. The molecule has 0 aliphatic rings. The van der Waals surface area contributed by atoms with Crippen molar-refractivity contribution in [2.45, 2.75) is 26.1 Å². The molecule has 4 heteroatoms. The summed E-state index contributed by atoms with van der Waals surface area (Å²) in [5.41, 5.74) is 3.51. The summed E-state index contributed by atoms with van der Waals surface area (Å²) >= 11 is 0. The Morgan fingerprint density at radius 1 is 0.727 bits per heavy atom. The summed E-state index contributed by atoms with van der Waals surface area (Å²) in [5.74, 6) is -1.32. The van der Waals surface area contributed by atoms with E-state index in [0.717, 1.165) is 22.3 Å². The molecule has 2 rings (SSSR count). The smallest absolute Gasteiger partial charge is 0.307 e. The van der Waals surface area contributed by atoms with Gasteiger partial charge in [-0.15, -0.1) is 0 Å². The SMILES string of the molecule is O=C(O)C(Cc1ccc(CO)cc1)Cc1ccc(CO)cc1. The van der Waals surface area contributed by atoms with E-state index >= 15 is 0 Å². The molecule has 22 heavy (non-hydrogen) atoms. The third kappa shape index (κ3) is 4.41. The van der Waals surface area contributed by atoms with Crippen LogP contribution < -0.4 is 0 Å². The van der Waals surface area contributed by atoms with Crippen LogP contribution in [0.5, 0.6) is 0 Å². The molecule has 0 bridgehead atoms. The van der Waals surface area contributed by atoms with Gasteiger partial charge in [0.25, 0.3) is 0 Å². The zero-order chi connectivity index (χ0) is 15.9. The number of benzene rings is 2. The zero-order valence-corrected chi connectivity index (χ0v) is 12.3. The highest BCUT2D eigenvalue weighted by Crippen LogP contribution is 2.17. The van der Waals surface area contributed by atoms with Crippen molar-refractivity contribution in [3.63, 3.8) is 0 Å². The van der Waals surface area contributed by atoms with E-state index < -0.39 is 11.9 Å². The Morgan fingerprint density at radius 3 is 1.32 bits per heavy atom.